The van der Waals surface area contributed by atoms with Crippen LogP contribution < -0.4 is 0 Å². The number of rotatable bonds is 4. The molecule has 8 rings (SSSR count). The topological polar surface area (TPSA) is 38.7 Å². The summed E-state index contributed by atoms with van der Waals surface area (Å²) in [6, 6.07) is 48.2. The van der Waals surface area contributed by atoms with Gasteiger partial charge in [0.2, 0.25) is 0 Å². The summed E-state index contributed by atoms with van der Waals surface area (Å²) in [4.78, 5) is 15.3. The molecule has 0 bridgehead atoms. The molecule has 3 aromatic heterocycles. The number of aromatic nitrogens is 3. The van der Waals surface area contributed by atoms with Crippen molar-refractivity contribution in [3.05, 3.63) is 140 Å². The molecule has 0 N–H and O–H groups in total. The zero-order valence-electron chi connectivity index (χ0n) is 22.0. The van der Waals surface area contributed by atoms with Gasteiger partial charge in [-0.05, 0) is 24.3 Å². The minimum Gasteiger partial charge on any atom is -0.246 e. The number of hydrogen-bond donors (Lipinski definition) is 0. The van der Waals surface area contributed by atoms with Gasteiger partial charge in [0.05, 0.1) is 27.3 Å². The van der Waals surface area contributed by atoms with Crippen molar-refractivity contribution in [2.45, 2.75) is 0 Å². The van der Waals surface area contributed by atoms with Crippen molar-refractivity contribution in [2.24, 2.45) is 0 Å². The second-order valence-electron chi connectivity index (χ2n) is 10.1. The molecule has 0 saturated heterocycles. The second kappa shape index (κ2) is 9.77. The van der Waals surface area contributed by atoms with E-state index in [0.29, 0.717) is 5.82 Å². The lowest BCUT2D eigenvalue weighted by atomic mass is 10.0. The van der Waals surface area contributed by atoms with Crippen LogP contribution in [0, 0.1) is 0 Å². The first kappa shape index (κ1) is 23.7. The maximum Gasteiger partial charge on any atom is 0.160 e. The molecule has 0 saturated carbocycles. The number of nitrogens with zero attached hydrogens (tertiary/aromatic N) is 3. The van der Waals surface area contributed by atoms with Gasteiger partial charge in [-0.1, -0.05) is 115 Å². The van der Waals surface area contributed by atoms with Gasteiger partial charge >= 0.3 is 0 Å². The first-order valence-corrected chi connectivity index (χ1v) is 14.4. The molecule has 0 unspecified atom stereocenters. The zero-order chi connectivity index (χ0) is 27.2. The molecule has 3 heterocycles. The molecule has 0 fully saturated rings. The third-order valence-electron chi connectivity index (χ3n) is 7.48. The Kier molecular flexibility index (Phi) is 5.64. The maximum atomic E-state index is 5.20. The summed E-state index contributed by atoms with van der Waals surface area (Å²) in [7, 11) is 0. The Balaban J connectivity index is 1.35. The summed E-state index contributed by atoms with van der Waals surface area (Å²) < 4.78 is 2.47. The maximum absolute atomic E-state index is 5.20. The van der Waals surface area contributed by atoms with Crippen LogP contribution in [-0.2, 0) is 0 Å². The first-order valence-electron chi connectivity index (χ1n) is 13.6. The highest BCUT2D eigenvalue weighted by molar-refractivity contribution is 7.26. The van der Waals surface area contributed by atoms with E-state index in [4.69, 9.17) is 15.0 Å². The summed E-state index contributed by atoms with van der Waals surface area (Å²) >= 11 is 1.81. The molecule has 192 valence electrons. The molecule has 4 heteroatoms. The number of hydrogen-bond acceptors (Lipinski definition) is 4. The molecule has 0 radical (unpaired) electrons. The van der Waals surface area contributed by atoms with Crippen LogP contribution in [0.25, 0.3) is 76.2 Å². The summed E-state index contributed by atoms with van der Waals surface area (Å²) in [5.41, 5.74) is 7.93. The fraction of sp³-hybridized carbons (Fsp3) is 0. The normalized spacial score (nSPS) is 11.4. The highest BCUT2D eigenvalue weighted by atomic mass is 32.1. The molecule has 0 atom stereocenters. The quantitative estimate of drug-likeness (QED) is 0.222. The smallest absolute Gasteiger partial charge is 0.160 e. The zero-order valence-corrected chi connectivity index (χ0v) is 22.8. The Morgan fingerprint density at radius 3 is 1.76 bits per heavy atom. The average molecular weight is 542 g/mol. The first-order chi connectivity index (χ1) is 20.3. The Labute approximate surface area is 241 Å². The highest BCUT2D eigenvalue weighted by Gasteiger charge is 2.17. The molecule has 0 aliphatic heterocycles. The summed E-state index contributed by atoms with van der Waals surface area (Å²) in [5.74, 6) is 0.695. The van der Waals surface area contributed by atoms with E-state index >= 15 is 0 Å². The van der Waals surface area contributed by atoms with Gasteiger partial charge in [-0.25, -0.2) is 15.0 Å². The number of fused-ring (bicyclic) bond motifs is 5. The third-order valence-corrected chi connectivity index (χ3v) is 8.65. The molecule has 0 aliphatic carbocycles. The minimum atomic E-state index is 0.695. The lowest BCUT2D eigenvalue weighted by molar-refractivity contribution is 1.18. The van der Waals surface area contributed by atoms with Gasteiger partial charge in [0.15, 0.2) is 5.82 Å². The van der Waals surface area contributed by atoms with E-state index in [1.807, 2.05) is 36.4 Å². The number of thiophene rings is 1. The highest BCUT2D eigenvalue weighted by Crippen LogP contribution is 2.43. The van der Waals surface area contributed by atoms with Crippen LogP contribution in [0.5, 0.6) is 0 Å². The molecular weight excluding hydrogens is 518 g/mol. The van der Waals surface area contributed by atoms with Gasteiger partial charge < -0.3 is 0 Å². The average Bonchev–Trinajstić information content (AvgIpc) is 3.45. The van der Waals surface area contributed by atoms with Crippen molar-refractivity contribution < 1.29 is 0 Å². The van der Waals surface area contributed by atoms with Crippen molar-refractivity contribution in [1.29, 1.82) is 0 Å². The minimum absolute atomic E-state index is 0.695. The second-order valence-corrected chi connectivity index (χ2v) is 11.1. The van der Waals surface area contributed by atoms with Gasteiger partial charge in [0.1, 0.15) is 0 Å². The van der Waals surface area contributed by atoms with Crippen LogP contribution >= 0.6 is 11.3 Å². The SMILES string of the molecule is c1ccc(-c2cc(-c3ccccc3)nc(-c3cccc(-c4nc5ccccc5c5c4sc4ccccc45)c3)n2)cc1. The molecule has 41 heavy (non-hydrogen) atoms. The van der Waals surface area contributed by atoms with Gasteiger partial charge in [-0.15, -0.1) is 11.3 Å². The monoisotopic (exact) mass is 541 g/mol. The van der Waals surface area contributed by atoms with E-state index in [-0.39, 0.29) is 0 Å². The van der Waals surface area contributed by atoms with Crippen LogP contribution in [0.15, 0.2) is 140 Å². The van der Waals surface area contributed by atoms with Crippen LogP contribution in [0.2, 0.25) is 0 Å². The van der Waals surface area contributed by atoms with Crippen LogP contribution in [0.3, 0.4) is 0 Å². The van der Waals surface area contributed by atoms with Crippen LogP contribution in [0.1, 0.15) is 0 Å². The summed E-state index contributed by atoms with van der Waals surface area (Å²) in [6.07, 6.45) is 0. The van der Waals surface area contributed by atoms with Crippen molar-refractivity contribution in [1.82, 2.24) is 15.0 Å². The predicted octanol–water partition coefficient (Wildman–Crippen LogP) is 10.1. The Morgan fingerprint density at radius 1 is 0.439 bits per heavy atom. The van der Waals surface area contributed by atoms with E-state index < -0.39 is 0 Å². The van der Waals surface area contributed by atoms with Crippen molar-refractivity contribution >= 4 is 42.4 Å². The Hall–Kier alpha value is -5.19. The predicted molar refractivity (Wildman–Crippen MR) is 172 cm³/mol. The largest absolute Gasteiger partial charge is 0.246 e. The van der Waals surface area contributed by atoms with Gasteiger partial charge in [0.25, 0.3) is 0 Å². The van der Waals surface area contributed by atoms with E-state index in [2.05, 4.69) is 103 Å². The van der Waals surface area contributed by atoms with E-state index in [1.54, 1.807) is 11.3 Å². The van der Waals surface area contributed by atoms with Crippen LogP contribution in [0.4, 0.5) is 0 Å². The van der Waals surface area contributed by atoms with E-state index in [9.17, 15) is 0 Å². The molecule has 0 amide bonds. The molecule has 0 aliphatic rings. The Bertz CT molecular complexity index is 2140. The molecule has 5 aromatic carbocycles. The van der Waals surface area contributed by atoms with Gasteiger partial charge in [-0.3, -0.25) is 0 Å². The van der Waals surface area contributed by atoms with Crippen LogP contribution in [-0.4, -0.2) is 15.0 Å². The number of benzene rings is 5. The van der Waals surface area contributed by atoms with Crippen molar-refractivity contribution in [3.8, 4) is 45.2 Å². The van der Waals surface area contributed by atoms with Crippen molar-refractivity contribution in [3.63, 3.8) is 0 Å². The molecule has 0 spiro atoms. The summed E-state index contributed by atoms with van der Waals surface area (Å²) in [5, 5.41) is 3.73. The van der Waals surface area contributed by atoms with Gasteiger partial charge in [0, 0.05) is 43.1 Å². The number of pyridine rings is 1. The lowest BCUT2D eigenvalue weighted by Gasteiger charge is -2.11. The third kappa shape index (κ3) is 4.17. The molecule has 8 aromatic rings. The molecular formula is C37H23N3S. The fourth-order valence-corrected chi connectivity index (χ4v) is 6.75. The van der Waals surface area contributed by atoms with Gasteiger partial charge in [-0.2, -0.15) is 0 Å². The Morgan fingerprint density at radius 2 is 1.02 bits per heavy atom. The molecule has 3 nitrogen and oxygen atoms in total. The van der Waals surface area contributed by atoms with Crippen molar-refractivity contribution in [2.75, 3.05) is 0 Å². The number of para-hydroxylation sites is 1. The lowest BCUT2D eigenvalue weighted by Crippen LogP contribution is -1.96. The fourth-order valence-electron chi connectivity index (χ4n) is 5.52. The standard InChI is InChI=1S/C37H23N3S/c1-3-12-24(13-4-1)31-23-32(25-14-5-2-6-15-25)40-37(39-31)27-17-11-16-26(22-27)35-36-34(28-18-7-9-20-30(28)38-35)29-19-8-10-21-33(29)41-36/h1-23H. The van der Waals surface area contributed by atoms with E-state index in [0.717, 1.165) is 44.9 Å². The summed E-state index contributed by atoms with van der Waals surface area (Å²) in [6.45, 7) is 0. The van der Waals surface area contributed by atoms with E-state index in [1.165, 1.54) is 25.6 Å².